The third kappa shape index (κ3) is 4.42. The molecule has 0 amide bonds. The molecule has 2 rings (SSSR count). The van der Waals surface area contributed by atoms with Crippen molar-refractivity contribution >= 4 is 0 Å². The lowest BCUT2D eigenvalue weighted by Gasteiger charge is -2.33. The van der Waals surface area contributed by atoms with Gasteiger partial charge in [-0.3, -0.25) is 0 Å². The maximum absolute atomic E-state index is 12.3. The van der Waals surface area contributed by atoms with Crippen LogP contribution in [-0.4, -0.2) is 26.4 Å². The molecule has 0 bridgehead atoms. The fraction of sp³-hybridized carbons (Fsp3) is 0.600. The van der Waals surface area contributed by atoms with Crippen molar-refractivity contribution in [3.05, 3.63) is 29.8 Å². The van der Waals surface area contributed by atoms with Gasteiger partial charge < -0.3 is 14.8 Å². The molecule has 20 heavy (non-hydrogen) atoms. The summed E-state index contributed by atoms with van der Waals surface area (Å²) >= 11 is 0. The monoisotopic (exact) mass is 285 g/mol. The summed E-state index contributed by atoms with van der Waals surface area (Å²) in [6.45, 7) is 2.40. The third-order valence-electron chi connectivity index (χ3n) is 3.76. The molecular formula is C15H21F2NO2. The molecule has 1 heterocycles. The topological polar surface area (TPSA) is 30.5 Å². The number of hydrogen-bond donors (Lipinski definition) is 1. The highest BCUT2D eigenvalue weighted by Crippen LogP contribution is 2.29. The molecule has 1 aromatic rings. The number of alkyl halides is 2. The fourth-order valence-electron chi connectivity index (χ4n) is 2.40. The van der Waals surface area contributed by atoms with Crippen LogP contribution in [0.2, 0.25) is 0 Å². The lowest BCUT2D eigenvalue weighted by molar-refractivity contribution is -0.0505. The third-order valence-corrected chi connectivity index (χ3v) is 3.76. The Morgan fingerprint density at radius 1 is 1.30 bits per heavy atom. The van der Waals surface area contributed by atoms with Gasteiger partial charge in [-0.2, -0.15) is 8.78 Å². The van der Waals surface area contributed by atoms with Gasteiger partial charge in [0.25, 0.3) is 0 Å². The van der Waals surface area contributed by atoms with Crippen molar-refractivity contribution in [3.63, 3.8) is 0 Å². The van der Waals surface area contributed by atoms with Gasteiger partial charge in [0.2, 0.25) is 0 Å². The molecule has 0 aliphatic carbocycles. The van der Waals surface area contributed by atoms with Crippen LogP contribution in [0.3, 0.4) is 0 Å². The lowest BCUT2D eigenvalue weighted by Crippen LogP contribution is -2.36. The van der Waals surface area contributed by atoms with E-state index in [1.165, 1.54) is 0 Å². The van der Waals surface area contributed by atoms with Crippen LogP contribution in [0.15, 0.2) is 24.3 Å². The predicted octanol–water partition coefficient (Wildman–Crippen LogP) is 3.19. The van der Waals surface area contributed by atoms with Crippen LogP contribution in [0.1, 0.15) is 25.3 Å². The number of para-hydroxylation sites is 1. The van der Waals surface area contributed by atoms with E-state index in [1.807, 2.05) is 6.07 Å². The standard InChI is InChI=1S/C15H21F2NO2/c1-15(6-8-19-9-7-15)11-18-10-12-4-2-3-5-13(12)20-14(16)17/h2-5,14,18H,6-11H2,1H3. The van der Waals surface area contributed by atoms with Crippen LogP contribution in [0.4, 0.5) is 8.78 Å². The predicted molar refractivity (Wildman–Crippen MR) is 72.9 cm³/mol. The van der Waals surface area contributed by atoms with Crippen molar-refractivity contribution in [1.29, 1.82) is 0 Å². The van der Waals surface area contributed by atoms with Crippen molar-refractivity contribution in [2.75, 3.05) is 19.8 Å². The fourth-order valence-corrected chi connectivity index (χ4v) is 2.40. The number of nitrogens with one attached hydrogen (secondary N) is 1. The molecule has 0 aromatic heterocycles. The second-order valence-corrected chi connectivity index (χ2v) is 5.51. The number of ether oxygens (including phenoxy) is 2. The first-order valence-corrected chi connectivity index (χ1v) is 6.90. The Labute approximate surface area is 118 Å². The van der Waals surface area contributed by atoms with Gasteiger partial charge in [-0.15, -0.1) is 0 Å². The van der Waals surface area contributed by atoms with Gasteiger partial charge in [-0.1, -0.05) is 25.1 Å². The van der Waals surface area contributed by atoms with Crippen molar-refractivity contribution in [1.82, 2.24) is 5.32 Å². The van der Waals surface area contributed by atoms with Crippen LogP contribution >= 0.6 is 0 Å². The van der Waals surface area contributed by atoms with Crippen molar-refractivity contribution in [3.8, 4) is 5.75 Å². The maximum atomic E-state index is 12.3. The second-order valence-electron chi connectivity index (χ2n) is 5.51. The molecule has 5 heteroatoms. The van der Waals surface area contributed by atoms with Gasteiger partial charge in [-0.25, -0.2) is 0 Å². The molecular weight excluding hydrogens is 264 g/mol. The summed E-state index contributed by atoms with van der Waals surface area (Å²) in [7, 11) is 0. The van der Waals surface area contributed by atoms with Gasteiger partial charge in [0.15, 0.2) is 0 Å². The SMILES string of the molecule is CC1(CNCc2ccccc2OC(F)F)CCOCC1. The zero-order chi connectivity index (χ0) is 14.4. The molecule has 3 nitrogen and oxygen atoms in total. The zero-order valence-corrected chi connectivity index (χ0v) is 11.7. The van der Waals surface area contributed by atoms with E-state index in [0.29, 0.717) is 6.54 Å². The molecule has 1 N–H and O–H groups in total. The zero-order valence-electron chi connectivity index (χ0n) is 11.7. The Kier molecular flexibility index (Phi) is 5.31. The molecule has 0 atom stereocenters. The quantitative estimate of drug-likeness (QED) is 0.870. The molecule has 1 aliphatic heterocycles. The molecule has 1 saturated heterocycles. The summed E-state index contributed by atoms with van der Waals surface area (Å²) in [4.78, 5) is 0. The minimum Gasteiger partial charge on any atom is -0.434 e. The Balaban J connectivity index is 1.87. The summed E-state index contributed by atoms with van der Waals surface area (Å²) in [5.41, 5.74) is 0.972. The number of halogens is 2. The van der Waals surface area contributed by atoms with Crippen LogP contribution in [-0.2, 0) is 11.3 Å². The van der Waals surface area contributed by atoms with E-state index in [9.17, 15) is 8.78 Å². The Morgan fingerprint density at radius 2 is 2.00 bits per heavy atom. The number of hydrogen-bond acceptors (Lipinski definition) is 3. The lowest BCUT2D eigenvalue weighted by atomic mass is 9.82. The first-order chi connectivity index (χ1) is 9.59. The van der Waals surface area contributed by atoms with Gasteiger partial charge in [0.05, 0.1) is 0 Å². The summed E-state index contributed by atoms with van der Waals surface area (Å²) in [6, 6.07) is 6.89. The first-order valence-electron chi connectivity index (χ1n) is 6.90. The average Bonchev–Trinajstić information content (AvgIpc) is 2.41. The second kappa shape index (κ2) is 6.99. The summed E-state index contributed by atoms with van der Waals surface area (Å²) in [6.07, 6.45) is 2.05. The van der Waals surface area contributed by atoms with E-state index in [2.05, 4.69) is 17.0 Å². The van der Waals surface area contributed by atoms with Crippen LogP contribution in [0.25, 0.3) is 0 Å². The van der Waals surface area contributed by atoms with Crippen molar-refractivity contribution in [2.24, 2.45) is 5.41 Å². The summed E-state index contributed by atoms with van der Waals surface area (Å²) in [5.74, 6) is 0.243. The van der Waals surface area contributed by atoms with E-state index in [0.717, 1.165) is 38.2 Å². The van der Waals surface area contributed by atoms with Crippen LogP contribution < -0.4 is 10.1 Å². The van der Waals surface area contributed by atoms with E-state index in [1.54, 1.807) is 18.2 Å². The molecule has 0 saturated carbocycles. The Hall–Kier alpha value is -1.20. The molecule has 0 unspecified atom stereocenters. The van der Waals surface area contributed by atoms with E-state index < -0.39 is 6.61 Å². The van der Waals surface area contributed by atoms with Crippen LogP contribution in [0, 0.1) is 5.41 Å². The highest BCUT2D eigenvalue weighted by atomic mass is 19.3. The minimum atomic E-state index is -2.79. The first kappa shape index (κ1) is 15.2. The van der Waals surface area contributed by atoms with Crippen LogP contribution in [0.5, 0.6) is 5.75 Å². The van der Waals surface area contributed by atoms with Crippen molar-refractivity contribution in [2.45, 2.75) is 32.9 Å². The number of benzene rings is 1. The molecule has 1 aromatic carbocycles. The molecule has 112 valence electrons. The molecule has 1 aliphatic rings. The minimum absolute atomic E-state index is 0.219. The Bertz CT molecular complexity index is 420. The smallest absolute Gasteiger partial charge is 0.387 e. The highest BCUT2D eigenvalue weighted by molar-refractivity contribution is 5.33. The normalized spacial score (nSPS) is 18.2. The van der Waals surface area contributed by atoms with Gasteiger partial charge in [-0.05, 0) is 24.3 Å². The molecule has 0 spiro atoms. The van der Waals surface area contributed by atoms with E-state index in [4.69, 9.17) is 4.74 Å². The van der Waals surface area contributed by atoms with Gasteiger partial charge >= 0.3 is 6.61 Å². The van der Waals surface area contributed by atoms with Crippen molar-refractivity contribution < 1.29 is 18.3 Å². The van der Waals surface area contributed by atoms with Gasteiger partial charge in [0.1, 0.15) is 5.75 Å². The Morgan fingerprint density at radius 3 is 2.70 bits per heavy atom. The summed E-state index contributed by atoms with van der Waals surface area (Å²) in [5, 5.41) is 3.35. The maximum Gasteiger partial charge on any atom is 0.387 e. The summed E-state index contributed by atoms with van der Waals surface area (Å²) < 4.78 is 34.5. The van der Waals surface area contributed by atoms with E-state index >= 15 is 0 Å². The van der Waals surface area contributed by atoms with Gasteiger partial charge in [0, 0.05) is 31.9 Å². The number of rotatable bonds is 6. The van der Waals surface area contributed by atoms with E-state index in [-0.39, 0.29) is 11.2 Å². The highest BCUT2D eigenvalue weighted by Gasteiger charge is 2.26. The molecule has 1 fully saturated rings. The average molecular weight is 285 g/mol. The largest absolute Gasteiger partial charge is 0.434 e. The molecule has 0 radical (unpaired) electrons.